The van der Waals surface area contributed by atoms with Crippen LogP contribution >= 0.6 is 19.8 Å². The Morgan fingerprint density at radius 1 is 1.33 bits per heavy atom. The molecule has 9 heavy (non-hydrogen) atoms. The summed E-state index contributed by atoms with van der Waals surface area (Å²) in [6, 6.07) is 0. The fourth-order valence-corrected chi connectivity index (χ4v) is 0.482. The molecule has 0 N–H and O–H groups in total. The molecule has 0 aromatic heterocycles. The third-order valence-electron chi connectivity index (χ3n) is 0.964. The highest BCUT2D eigenvalue weighted by atomic mass is 35.7. The monoisotopic (exact) mass is 171 g/mol. The summed E-state index contributed by atoms with van der Waals surface area (Å²) in [6.07, 6.45) is 0. The Bertz CT molecular complexity index is 38.4. The lowest BCUT2D eigenvalue weighted by atomic mass is 10.6. The number of nitrogens with zero attached hydrogens (tertiary/aromatic N) is 1. The van der Waals surface area contributed by atoms with Gasteiger partial charge in [-0.05, 0) is 8.59 Å². The number of rotatable bonds is 3. The second-order valence-electron chi connectivity index (χ2n) is 1.30. The second-order valence-corrected chi connectivity index (χ2v) is 1.30. The molecule has 0 fully saturated rings. The third kappa shape index (κ3) is 8.64. The molecule has 0 aliphatic carbocycles. The highest BCUT2D eigenvalue weighted by Crippen LogP contribution is 1.82. The Morgan fingerprint density at radius 2 is 1.67 bits per heavy atom. The van der Waals surface area contributed by atoms with E-state index < -0.39 is 0 Å². The van der Waals surface area contributed by atoms with Gasteiger partial charge in [-0.15, -0.1) is 11.2 Å². The fraction of sp³-hybridized carbons (Fsp3) is 1.00. The van der Waals surface area contributed by atoms with Crippen molar-refractivity contribution in [1.29, 1.82) is 0 Å². The zero-order valence-corrected chi connectivity index (χ0v) is 8.14. The minimum absolute atomic E-state index is 0.965. The van der Waals surface area contributed by atoms with Gasteiger partial charge in [-0.25, -0.2) is 0 Å². The molecule has 0 bridgehead atoms. The van der Waals surface area contributed by atoms with Crippen LogP contribution in [0.4, 0.5) is 0 Å². The van der Waals surface area contributed by atoms with Gasteiger partial charge in [-0.2, -0.15) is 5.06 Å². The van der Waals surface area contributed by atoms with Crippen molar-refractivity contribution in [2.75, 3.05) is 20.2 Å². The van der Waals surface area contributed by atoms with Crippen LogP contribution in [0.5, 0.6) is 0 Å². The van der Waals surface area contributed by atoms with E-state index in [9.17, 15) is 0 Å². The molecule has 0 aromatic rings. The van der Waals surface area contributed by atoms with Gasteiger partial charge in [0, 0.05) is 13.1 Å². The lowest BCUT2D eigenvalue weighted by Crippen LogP contribution is -2.20. The van der Waals surface area contributed by atoms with Gasteiger partial charge in [0.25, 0.3) is 0 Å². The Hall–Kier alpha value is 0.640. The first-order chi connectivity index (χ1) is 4.35. The van der Waals surface area contributed by atoms with Gasteiger partial charge in [0.15, 0.2) is 0 Å². The largest absolute Gasteiger partial charge is 0.302 e. The highest BCUT2D eigenvalue weighted by molar-refractivity contribution is 7.52. The number of hydrogen-bond acceptors (Lipinski definition) is 2. The quantitative estimate of drug-likeness (QED) is 0.475. The first-order valence-electron chi connectivity index (χ1n) is 2.86. The molecular formula is C5H15ClNOP. The molecule has 0 radical (unpaired) electrons. The van der Waals surface area contributed by atoms with Crippen LogP contribution < -0.4 is 0 Å². The zero-order valence-electron chi connectivity index (χ0n) is 6.22. The van der Waals surface area contributed by atoms with E-state index in [4.69, 9.17) is 4.84 Å². The van der Waals surface area contributed by atoms with Crippen molar-refractivity contribution >= 4 is 19.8 Å². The van der Waals surface area contributed by atoms with Crippen LogP contribution in [0.1, 0.15) is 13.8 Å². The fourth-order valence-electron chi connectivity index (χ4n) is 0.482. The summed E-state index contributed by atoms with van der Waals surface area (Å²) in [5.41, 5.74) is 0. The van der Waals surface area contributed by atoms with Gasteiger partial charge in [0.1, 0.15) is 0 Å². The number of hydroxylamine groups is 2. The van der Waals surface area contributed by atoms with E-state index in [1.807, 2.05) is 13.7 Å². The Balaban J connectivity index is 0. The molecule has 0 aliphatic heterocycles. The van der Waals surface area contributed by atoms with Crippen molar-refractivity contribution < 1.29 is 4.84 Å². The van der Waals surface area contributed by atoms with Gasteiger partial charge >= 0.3 is 0 Å². The summed E-state index contributed by atoms with van der Waals surface area (Å²) in [5, 5.41) is 1.88. The van der Waals surface area contributed by atoms with Crippen molar-refractivity contribution in [3.8, 4) is 0 Å². The lowest BCUT2D eigenvalue weighted by Gasteiger charge is -2.12. The molecule has 0 amide bonds. The first-order valence-corrected chi connectivity index (χ1v) is 4.60. The summed E-state index contributed by atoms with van der Waals surface area (Å²) in [4.78, 5) is 4.88. The minimum atomic E-state index is 0.965. The van der Waals surface area contributed by atoms with Crippen molar-refractivity contribution in [3.63, 3.8) is 0 Å². The maximum atomic E-state index is 4.88. The minimum Gasteiger partial charge on any atom is -0.302 e. The van der Waals surface area contributed by atoms with Crippen LogP contribution in [0.3, 0.4) is 0 Å². The number of halogens is 1. The smallest absolute Gasteiger partial charge is 0.0575 e. The average molecular weight is 172 g/mol. The predicted molar refractivity (Wildman–Crippen MR) is 45.5 cm³/mol. The van der Waals surface area contributed by atoms with Gasteiger partial charge < -0.3 is 4.84 Å². The van der Waals surface area contributed by atoms with Gasteiger partial charge in [0.2, 0.25) is 0 Å². The summed E-state index contributed by atoms with van der Waals surface area (Å²) in [7, 11) is 3.58. The normalized spacial score (nSPS) is 8.67. The second kappa shape index (κ2) is 11.4. The first kappa shape index (κ1) is 12.3. The molecule has 1 atom stereocenters. The van der Waals surface area contributed by atoms with E-state index >= 15 is 0 Å². The van der Waals surface area contributed by atoms with Crippen molar-refractivity contribution in [1.82, 2.24) is 5.06 Å². The van der Waals surface area contributed by atoms with Gasteiger partial charge in [-0.1, -0.05) is 13.8 Å². The molecule has 0 rings (SSSR count). The van der Waals surface area contributed by atoms with Crippen LogP contribution in [0.15, 0.2) is 0 Å². The van der Waals surface area contributed by atoms with Crippen LogP contribution in [0.25, 0.3) is 0 Å². The van der Waals surface area contributed by atoms with E-state index in [0.29, 0.717) is 0 Å². The van der Waals surface area contributed by atoms with Crippen molar-refractivity contribution in [3.05, 3.63) is 0 Å². The predicted octanol–water partition coefficient (Wildman–Crippen LogP) is 1.90. The number of hydrogen-bond donors (Lipinski definition) is 0. The van der Waals surface area contributed by atoms with Crippen LogP contribution in [-0.4, -0.2) is 25.3 Å². The summed E-state index contributed by atoms with van der Waals surface area (Å²) >= 11 is 4.56. The SMILES string of the molecule is CCN(CC)OC.PCl. The zero-order chi connectivity index (χ0) is 7.70. The lowest BCUT2D eigenvalue weighted by molar-refractivity contribution is -0.123. The Morgan fingerprint density at radius 3 is 1.67 bits per heavy atom. The topological polar surface area (TPSA) is 12.5 Å². The molecule has 1 unspecified atom stereocenters. The molecule has 0 spiro atoms. The molecule has 4 heteroatoms. The van der Waals surface area contributed by atoms with Crippen LogP contribution in [-0.2, 0) is 4.84 Å². The van der Waals surface area contributed by atoms with Crippen LogP contribution in [0.2, 0.25) is 0 Å². The molecule has 0 aliphatic rings. The van der Waals surface area contributed by atoms with E-state index in [1.165, 1.54) is 0 Å². The molecule has 58 valence electrons. The summed E-state index contributed by atoms with van der Waals surface area (Å²) < 4.78 is 0. The Kier molecular flexibility index (Phi) is 15.7. The molecule has 0 saturated heterocycles. The molecule has 0 saturated carbocycles. The van der Waals surface area contributed by atoms with Gasteiger partial charge in [0.05, 0.1) is 7.11 Å². The van der Waals surface area contributed by atoms with E-state index in [-0.39, 0.29) is 0 Å². The van der Waals surface area contributed by atoms with Crippen molar-refractivity contribution in [2.24, 2.45) is 0 Å². The molecule has 0 heterocycles. The third-order valence-corrected chi connectivity index (χ3v) is 0.964. The van der Waals surface area contributed by atoms with E-state index in [0.717, 1.165) is 13.1 Å². The van der Waals surface area contributed by atoms with Crippen LogP contribution in [0, 0.1) is 0 Å². The standard InChI is InChI=1S/C5H13NO.ClH2P/c1-4-6(5-2)7-3;1-2/h4-5H2,1-3H3;2H2. The van der Waals surface area contributed by atoms with Crippen molar-refractivity contribution in [2.45, 2.75) is 13.8 Å². The Labute approximate surface area is 64.5 Å². The average Bonchev–Trinajstić information content (AvgIpc) is 1.96. The summed E-state index contributed by atoms with van der Waals surface area (Å²) in [6.45, 7) is 6.06. The molecular weight excluding hydrogens is 156 g/mol. The molecule has 0 aromatic carbocycles. The van der Waals surface area contributed by atoms with E-state index in [1.54, 1.807) is 7.11 Å². The van der Waals surface area contributed by atoms with E-state index in [2.05, 4.69) is 25.1 Å². The maximum absolute atomic E-state index is 4.88. The molecule has 2 nitrogen and oxygen atoms in total. The summed E-state index contributed by atoms with van der Waals surface area (Å²) in [5.74, 6) is 0. The maximum Gasteiger partial charge on any atom is 0.0575 e. The highest BCUT2D eigenvalue weighted by Gasteiger charge is 1.89. The van der Waals surface area contributed by atoms with Gasteiger partial charge in [-0.3, -0.25) is 0 Å².